The molecule has 0 amide bonds. The Morgan fingerprint density at radius 1 is 1.28 bits per heavy atom. The summed E-state index contributed by atoms with van der Waals surface area (Å²) in [6.45, 7) is 0. The van der Waals surface area contributed by atoms with Crippen LogP contribution >= 0.6 is 0 Å². The highest BCUT2D eigenvalue weighted by atomic mass is 32.2. The van der Waals surface area contributed by atoms with Crippen LogP contribution in [0.2, 0.25) is 0 Å². The summed E-state index contributed by atoms with van der Waals surface area (Å²) in [5.74, 6) is 1.12. The van der Waals surface area contributed by atoms with Gasteiger partial charge >= 0.3 is 0 Å². The summed E-state index contributed by atoms with van der Waals surface area (Å²) in [6, 6.07) is 1.24. The summed E-state index contributed by atoms with van der Waals surface area (Å²) in [4.78, 5) is 14.0. The van der Waals surface area contributed by atoms with Crippen molar-refractivity contribution < 1.29 is 8.42 Å². The molecule has 6 heteroatoms. The second-order valence-electron chi connectivity index (χ2n) is 5.28. The molecule has 2 saturated carbocycles. The van der Waals surface area contributed by atoms with Gasteiger partial charge in [-0.1, -0.05) is 6.42 Å². The molecule has 18 heavy (non-hydrogen) atoms. The molecule has 2 aliphatic rings. The van der Waals surface area contributed by atoms with E-state index in [0.29, 0.717) is 11.8 Å². The first-order valence-electron chi connectivity index (χ1n) is 6.26. The van der Waals surface area contributed by atoms with Crippen molar-refractivity contribution >= 4 is 10.0 Å². The molecule has 2 aliphatic carbocycles. The molecule has 0 aromatic carbocycles. The van der Waals surface area contributed by atoms with Crippen LogP contribution in [0.3, 0.4) is 0 Å². The van der Waals surface area contributed by atoms with Crippen molar-refractivity contribution in [3.8, 4) is 0 Å². The van der Waals surface area contributed by atoms with Crippen LogP contribution < -0.4 is 10.2 Å². The molecule has 0 saturated heterocycles. The number of H-pyrrole nitrogens is 1. The average Bonchev–Trinajstić information content (AvgIpc) is 2.90. The normalized spacial score (nSPS) is 30.8. The largest absolute Gasteiger partial charge is 0.366 e. The van der Waals surface area contributed by atoms with E-state index < -0.39 is 15.5 Å². The fourth-order valence-electron chi connectivity index (χ4n) is 3.26. The van der Waals surface area contributed by atoms with Gasteiger partial charge in [0.1, 0.15) is 4.90 Å². The quantitative estimate of drug-likeness (QED) is 0.852. The second-order valence-corrected chi connectivity index (χ2v) is 6.96. The van der Waals surface area contributed by atoms with Gasteiger partial charge in [0, 0.05) is 24.5 Å². The zero-order chi connectivity index (χ0) is 12.8. The van der Waals surface area contributed by atoms with Gasteiger partial charge in [-0.3, -0.25) is 4.79 Å². The molecular weight excluding hydrogens is 252 g/mol. The van der Waals surface area contributed by atoms with Crippen LogP contribution in [-0.2, 0) is 10.0 Å². The lowest BCUT2D eigenvalue weighted by Gasteiger charge is -2.22. The van der Waals surface area contributed by atoms with Crippen molar-refractivity contribution in [2.24, 2.45) is 11.8 Å². The van der Waals surface area contributed by atoms with Gasteiger partial charge in [-0.25, -0.2) is 13.1 Å². The topological polar surface area (TPSA) is 79.0 Å². The minimum absolute atomic E-state index is 0.00774. The van der Waals surface area contributed by atoms with E-state index in [1.54, 1.807) is 0 Å². The Labute approximate surface area is 106 Å². The predicted molar refractivity (Wildman–Crippen MR) is 66.6 cm³/mol. The minimum atomic E-state index is -3.69. The molecule has 3 atom stereocenters. The van der Waals surface area contributed by atoms with Crippen molar-refractivity contribution in [3.05, 3.63) is 28.7 Å². The molecule has 1 aromatic rings. The van der Waals surface area contributed by atoms with Crippen molar-refractivity contribution in [2.45, 2.75) is 36.6 Å². The molecule has 3 rings (SSSR count). The van der Waals surface area contributed by atoms with Crippen molar-refractivity contribution in [1.29, 1.82) is 0 Å². The molecule has 98 valence electrons. The summed E-state index contributed by atoms with van der Waals surface area (Å²) in [7, 11) is -3.69. The maximum atomic E-state index is 12.2. The zero-order valence-electron chi connectivity index (χ0n) is 9.93. The Balaban J connectivity index is 1.84. The standard InChI is InChI=1S/C12H16N2O3S/c15-11-3-4-13-7-12(11)18(16,17)14-10-6-8-1-2-9(10)5-8/h3-4,7-10,14H,1-2,5-6H2,(H,13,15). The van der Waals surface area contributed by atoms with Gasteiger partial charge in [-0.05, 0) is 31.1 Å². The summed E-state index contributed by atoms with van der Waals surface area (Å²) in [6.07, 6.45) is 7.03. The van der Waals surface area contributed by atoms with Crippen LogP contribution in [-0.4, -0.2) is 19.4 Å². The third-order valence-electron chi connectivity index (χ3n) is 4.12. The fourth-order valence-corrected chi connectivity index (χ4v) is 4.63. The van der Waals surface area contributed by atoms with Gasteiger partial charge in [0.15, 0.2) is 0 Å². The molecule has 3 unspecified atom stereocenters. The first-order chi connectivity index (χ1) is 8.56. The number of hydrogen-bond acceptors (Lipinski definition) is 3. The number of hydrogen-bond donors (Lipinski definition) is 2. The van der Waals surface area contributed by atoms with Gasteiger partial charge in [-0.15, -0.1) is 0 Å². The van der Waals surface area contributed by atoms with Crippen molar-refractivity contribution in [3.63, 3.8) is 0 Å². The number of pyridine rings is 1. The highest BCUT2D eigenvalue weighted by Gasteiger charge is 2.41. The summed E-state index contributed by atoms with van der Waals surface area (Å²) < 4.78 is 27.0. The van der Waals surface area contributed by atoms with Gasteiger partial charge < -0.3 is 4.98 Å². The van der Waals surface area contributed by atoms with Crippen LogP contribution in [0.1, 0.15) is 25.7 Å². The lowest BCUT2D eigenvalue weighted by molar-refractivity contribution is 0.390. The lowest BCUT2D eigenvalue weighted by Crippen LogP contribution is -2.40. The number of aromatic nitrogens is 1. The number of rotatable bonds is 3. The van der Waals surface area contributed by atoms with Crippen LogP contribution in [0.4, 0.5) is 0 Å². The van der Waals surface area contributed by atoms with Gasteiger partial charge in [0.2, 0.25) is 15.5 Å². The number of fused-ring (bicyclic) bond motifs is 2. The Hall–Kier alpha value is -1.14. The second kappa shape index (κ2) is 4.20. The first-order valence-corrected chi connectivity index (χ1v) is 7.74. The number of nitrogens with one attached hydrogen (secondary N) is 2. The van der Waals surface area contributed by atoms with Crippen LogP contribution in [0.25, 0.3) is 0 Å². The van der Waals surface area contributed by atoms with E-state index in [-0.39, 0.29) is 10.9 Å². The van der Waals surface area contributed by atoms with Crippen molar-refractivity contribution in [2.75, 3.05) is 0 Å². The molecule has 0 radical (unpaired) electrons. The SMILES string of the molecule is O=c1cc[nH]cc1S(=O)(=O)NC1CC2CCC1C2. The Morgan fingerprint density at radius 3 is 2.72 bits per heavy atom. The van der Waals surface area contributed by atoms with Crippen LogP contribution in [0.5, 0.6) is 0 Å². The molecule has 0 spiro atoms. The summed E-state index contributed by atoms with van der Waals surface area (Å²) >= 11 is 0. The Kier molecular flexibility index (Phi) is 2.79. The number of aromatic amines is 1. The minimum Gasteiger partial charge on any atom is -0.366 e. The Morgan fingerprint density at radius 2 is 2.11 bits per heavy atom. The van der Waals surface area contributed by atoms with Gasteiger partial charge in [0.05, 0.1) is 0 Å². The van der Waals surface area contributed by atoms with Gasteiger partial charge in [0.25, 0.3) is 0 Å². The van der Waals surface area contributed by atoms with E-state index in [1.165, 1.54) is 24.9 Å². The van der Waals surface area contributed by atoms with Crippen LogP contribution in [0, 0.1) is 11.8 Å². The molecule has 2 bridgehead atoms. The molecule has 0 aliphatic heterocycles. The molecule has 1 heterocycles. The highest BCUT2D eigenvalue weighted by molar-refractivity contribution is 7.89. The van der Waals surface area contributed by atoms with E-state index in [1.807, 2.05) is 0 Å². The fraction of sp³-hybridized carbons (Fsp3) is 0.583. The highest BCUT2D eigenvalue weighted by Crippen LogP contribution is 2.44. The molecule has 1 aromatic heterocycles. The third-order valence-corrected chi connectivity index (χ3v) is 5.63. The number of sulfonamides is 1. The van der Waals surface area contributed by atoms with E-state index in [2.05, 4.69) is 9.71 Å². The summed E-state index contributed by atoms with van der Waals surface area (Å²) in [5.41, 5.74) is -0.468. The third kappa shape index (κ3) is 1.99. The lowest BCUT2D eigenvalue weighted by atomic mass is 9.96. The molecular formula is C12H16N2O3S. The molecule has 2 N–H and O–H groups in total. The summed E-state index contributed by atoms with van der Waals surface area (Å²) in [5, 5.41) is 0. The maximum Gasteiger partial charge on any atom is 0.246 e. The van der Waals surface area contributed by atoms with Gasteiger partial charge in [-0.2, -0.15) is 0 Å². The van der Waals surface area contributed by atoms with E-state index in [0.717, 1.165) is 19.3 Å². The van der Waals surface area contributed by atoms with E-state index >= 15 is 0 Å². The molecule has 5 nitrogen and oxygen atoms in total. The Bertz CT molecular complexity index is 608. The average molecular weight is 268 g/mol. The smallest absolute Gasteiger partial charge is 0.246 e. The maximum absolute atomic E-state index is 12.2. The first kappa shape index (κ1) is 11.9. The monoisotopic (exact) mass is 268 g/mol. The zero-order valence-corrected chi connectivity index (χ0v) is 10.7. The van der Waals surface area contributed by atoms with E-state index in [9.17, 15) is 13.2 Å². The van der Waals surface area contributed by atoms with Crippen molar-refractivity contribution in [1.82, 2.24) is 9.71 Å². The van der Waals surface area contributed by atoms with Crippen LogP contribution in [0.15, 0.2) is 28.2 Å². The van der Waals surface area contributed by atoms with E-state index in [4.69, 9.17) is 0 Å². The predicted octanol–water partition coefficient (Wildman–Crippen LogP) is 0.842. The molecule has 2 fully saturated rings.